The van der Waals surface area contributed by atoms with Crippen molar-refractivity contribution in [1.82, 2.24) is 13.8 Å². The van der Waals surface area contributed by atoms with Crippen LogP contribution in [0.15, 0.2) is 46.1 Å². The molecule has 1 aromatic carbocycles. The molecular formula is C20H25N3O4S. The first-order chi connectivity index (χ1) is 13.3. The van der Waals surface area contributed by atoms with Crippen molar-refractivity contribution in [2.45, 2.75) is 25.2 Å². The number of carbonyl (C=O) groups excluding carboxylic acids is 1. The molecule has 2 aromatic rings. The van der Waals surface area contributed by atoms with E-state index < -0.39 is 10.0 Å². The standard InChI is InChI=1S/C20H25N3O4S/c1-4-18-15(2)14-17(19(24)21(18)3)20(25)22-10-12-23(13-11-22)28(26,27)16-8-6-5-7-9-16/h5-9,14H,4,10-13H2,1-3H3. The van der Waals surface area contributed by atoms with Crippen molar-refractivity contribution in [3.05, 3.63) is 63.6 Å². The maximum atomic E-state index is 12.9. The van der Waals surface area contributed by atoms with E-state index in [1.807, 2.05) is 13.8 Å². The van der Waals surface area contributed by atoms with Crippen LogP contribution in [0.25, 0.3) is 0 Å². The number of sulfonamides is 1. The van der Waals surface area contributed by atoms with Crippen molar-refractivity contribution in [2.24, 2.45) is 7.05 Å². The van der Waals surface area contributed by atoms with Crippen LogP contribution >= 0.6 is 0 Å². The fraction of sp³-hybridized carbons (Fsp3) is 0.400. The lowest BCUT2D eigenvalue weighted by Gasteiger charge is -2.34. The summed E-state index contributed by atoms with van der Waals surface area (Å²) in [5.41, 5.74) is 1.63. The average Bonchev–Trinajstić information content (AvgIpc) is 2.71. The third-order valence-corrected chi connectivity index (χ3v) is 7.14. The van der Waals surface area contributed by atoms with E-state index in [1.54, 1.807) is 48.3 Å². The molecule has 0 saturated carbocycles. The number of carbonyl (C=O) groups is 1. The number of amides is 1. The number of piperazine rings is 1. The van der Waals surface area contributed by atoms with E-state index in [9.17, 15) is 18.0 Å². The van der Waals surface area contributed by atoms with Gasteiger partial charge in [-0.25, -0.2) is 8.42 Å². The predicted octanol–water partition coefficient (Wildman–Crippen LogP) is 1.40. The molecule has 0 radical (unpaired) electrons. The van der Waals surface area contributed by atoms with Crippen molar-refractivity contribution in [1.29, 1.82) is 0 Å². The molecule has 0 unspecified atom stereocenters. The molecule has 0 bridgehead atoms. The summed E-state index contributed by atoms with van der Waals surface area (Å²) in [5.74, 6) is -0.344. The smallest absolute Gasteiger partial charge is 0.263 e. The molecule has 7 nitrogen and oxygen atoms in total. The number of rotatable bonds is 4. The SMILES string of the molecule is CCc1c(C)cc(C(=O)N2CCN(S(=O)(=O)c3ccccc3)CC2)c(=O)n1C. The number of benzene rings is 1. The molecule has 2 heterocycles. The van der Waals surface area contributed by atoms with Gasteiger partial charge < -0.3 is 9.47 Å². The lowest BCUT2D eigenvalue weighted by Crippen LogP contribution is -2.51. The molecule has 1 aliphatic rings. The summed E-state index contributed by atoms with van der Waals surface area (Å²) in [6.07, 6.45) is 0.710. The van der Waals surface area contributed by atoms with Crippen molar-refractivity contribution >= 4 is 15.9 Å². The fourth-order valence-electron chi connectivity index (χ4n) is 3.64. The summed E-state index contributed by atoms with van der Waals surface area (Å²) < 4.78 is 28.3. The highest BCUT2D eigenvalue weighted by molar-refractivity contribution is 7.89. The van der Waals surface area contributed by atoms with Crippen LogP contribution in [-0.2, 0) is 23.5 Å². The van der Waals surface area contributed by atoms with E-state index in [4.69, 9.17) is 0 Å². The Hall–Kier alpha value is -2.45. The van der Waals surface area contributed by atoms with Gasteiger partial charge in [-0.1, -0.05) is 25.1 Å². The maximum Gasteiger partial charge on any atom is 0.263 e. The van der Waals surface area contributed by atoms with E-state index in [0.717, 1.165) is 11.3 Å². The second kappa shape index (κ2) is 7.89. The number of hydrogen-bond donors (Lipinski definition) is 0. The zero-order valence-corrected chi connectivity index (χ0v) is 17.2. The highest BCUT2D eigenvalue weighted by Crippen LogP contribution is 2.18. The molecule has 8 heteroatoms. The maximum absolute atomic E-state index is 12.9. The normalized spacial score (nSPS) is 15.6. The van der Waals surface area contributed by atoms with Crippen molar-refractivity contribution in [2.75, 3.05) is 26.2 Å². The van der Waals surface area contributed by atoms with Crippen LogP contribution < -0.4 is 5.56 Å². The van der Waals surface area contributed by atoms with E-state index >= 15 is 0 Å². The van der Waals surface area contributed by atoms with Crippen LogP contribution in [0.3, 0.4) is 0 Å². The first-order valence-corrected chi connectivity index (χ1v) is 10.7. The summed E-state index contributed by atoms with van der Waals surface area (Å²) in [7, 11) is -1.90. The molecule has 1 fully saturated rings. The van der Waals surface area contributed by atoms with Gasteiger partial charge in [0, 0.05) is 38.9 Å². The van der Waals surface area contributed by atoms with Gasteiger partial charge in [-0.05, 0) is 37.1 Å². The summed E-state index contributed by atoms with van der Waals surface area (Å²) in [4.78, 5) is 27.3. The molecule has 1 amide bonds. The number of hydrogen-bond acceptors (Lipinski definition) is 4. The van der Waals surface area contributed by atoms with E-state index in [1.165, 1.54) is 8.87 Å². The lowest BCUT2D eigenvalue weighted by molar-refractivity contribution is 0.0695. The van der Waals surface area contributed by atoms with Crippen LogP contribution in [0.5, 0.6) is 0 Å². The molecule has 28 heavy (non-hydrogen) atoms. The molecule has 1 saturated heterocycles. The number of nitrogens with zero attached hydrogens (tertiary/aromatic N) is 3. The van der Waals surface area contributed by atoms with E-state index in [-0.39, 0.29) is 48.1 Å². The van der Waals surface area contributed by atoms with Crippen LogP contribution in [-0.4, -0.2) is 54.3 Å². The third-order valence-electron chi connectivity index (χ3n) is 5.23. The quantitative estimate of drug-likeness (QED) is 0.773. The highest BCUT2D eigenvalue weighted by atomic mass is 32.2. The Kier molecular flexibility index (Phi) is 5.71. The molecular weight excluding hydrogens is 378 g/mol. The van der Waals surface area contributed by atoms with Gasteiger partial charge in [0.1, 0.15) is 5.56 Å². The first-order valence-electron chi connectivity index (χ1n) is 9.31. The molecule has 1 aromatic heterocycles. The minimum Gasteiger partial charge on any atom is -0.336 e. The zero-order chi connectivity index (χ0) is 20.5. The minimum atomic E-state index is -3.58. The Labute approximate surface area is 165 Å². The molecule has 150 valence electrons. The van der Waals surface area contributed by atoms with Gasteiger partial charge in [0.25, 0.3) is 11.5 Å². The largest absolute Gasteiger partial charge is 0.336 e. The highest BCUT2D eigenvalue weighted by Gasteiger charge is 2.31. The fourth-order valence-corrected chi connectivity index (χ4v) is 5.09. The number of pyridine rings is 1. The second-order valence-electron chi connectivity index (χ2n) is 6.91. The molecule has 0 atom stereocenters. The van der Waals surface area contributed by atoms with Gasteiger partial charge in [-0.15, -0.1) is 0 Å². The van der Waals surface area contributed by atoms with Gasteiger partial charge in [0.2, 0.25) is 10.0 Å². The van der Waals surface area contributed by atoms with Gasteiger partial charge >= 0.3 is 0 Å². The van der Waals surface area contributed by atoms with E-state index in [2.05, 4.69) is 0 Å². The Morgan fingerprint density at radius 3 is 2.25 bits per heavy atom. The summed E-state index contributed by atoms with van der Waals surface area (Å²) >= 11 is 0. The van der Waals surface area contributed by atoms with Crippen molar-refractivity contribution in [3.63, 3.8) is 0 Å². The predicted molar refractivity (Wildman–Crippen MR) is 107 cm³/mol. The first kappa shape index (κ1) is 20.3. The Morgan fingerprint density at radius 1 is 1.07 bits per heavy atom. The van der Waals surface area contributed by atoms with Gasteiger partial charge in [0.05, 0.1) is 4.90 Å². The zero-order valence-electron chi connectivity index (χ0n) is 16.4. The van der Waals surface area contributed by atoms with Gasteiger partial charge in [-0.2, -0.15) is 4.31 Å². The Balaban J connectivity index is 1.77. The molecule has 0 N–H and O–H groups in total. The second-order valence-corrected chi connectivity index (χ2v) is 8.85. The Morgan fingerprint density at radius 2 is 1.68 bits per heavy atom. The van der Waals surface area contributed by atoms with Gasteiger partial charge in [0.15, 0.2) is 0 Å². The third kappa shape index (κ3) is 3.62. The summed E-state index contributed by atoms with van der Waals surface area (Å²) in [6.45, 7) is 4.77. The van der Waals surface area contributed by atoms with Crippen LogP contribution in [0.2, 0.25) is 0 Å². The number of aryl methyl sites for hydroxylation is 1. The minimum absolute atomic E-state index is 0.136. The molecule has 1 aliphatic heterocycles. The van der Waals surface area contributed by atoms with E-state index in [0.29, 0.717) is 6.42 Å². The monoisotopic (exact) mass is 403 g/mol. The molecule has 0 spiro atoms. The Bertz CT molecular complexity index is 1040. The summed E-state index contributed by atoms with van der Waals surface area (Å²) in [6, 6.07) is 9.91. The topological polar surface area (TPSA) is 79.7 Å². The average molecular weight is 404 g/mol. The van der Waals surface area contributed by atoms with Crippen LogP contribution in [0.4, 0.5) is 0 Å². The number of aromatic nitrogens is 1. The van der Waals surface area contributed by atoms with Gasteiger partial charge in [-0.3, -0.25) is 9.59 Å². The lowest BCUT2D eigenvalue weighted by atomic mass is 10.1. The van der Waals surface area contributed by atoms with Crippen molar-refractivity contribution in [3.8, 4) is 0 Å². The summed E-state index contributed by atoms with van der Waals surface area (Å²) in [5, 5.41) is 0. The van der Waals surface area contributed by atoms with Crippen LogP contribution in [0.1, 0.15) is 28.5 Å². The van der Waals surface area contributed by atoms with Crippen molar-refractivity contribution < 1.29 is 13.2 Å². The molecule has 3 rings (SSSR count). The molecule has 0 aliphatic carbocycles. The van der Waals surface area contributed by atoms with Crippen LogP contribution in [0, 0.1) is 6.92 Å².